The van der Waals surface area contributed by atoms with Crippen molar-refractivity contribution in [3.05, 3.63) is 40.8 Å². The van der Waals surface area contributed by atoms with Crippen molar-refractivity contribution in [3.8, 4) is 0 Å². The summed E-state index contributed by atoms with van der Waals surface area (Å²) in [5.41, 5.74) is 8.25. The molecule has 122 valence electrons. The van der Waals surface area contributed by atoms with Crippen LogP contribution in [0.15, 0.2) is 30.3 Å². The van der Waals surface area contributed by atoms with Gasteiger partial charge in [0.25, 0.3) is 5.91 Å². The molecule has 23 heavy (non-hydrogen) atoms. The number of carbonyl (C=O) groups excluding carboxylic acids is 1. The number of carbonyl (C=O) groups is 1. The maximum Gasteiger partial charge on any atom is 0.256 e. The Bertz CT molecular complexity index is 704. The lowest BCUT2D eigenvalue weighted by molar-refractivity contribution is 0.0665. The van der Waals surface area contributed by atoms with Crippen LogP contribution in [0.1, 0.15) is 15.2 Å². The second kappa shape index (κ2) is 6.60. The lowest BCUT2D eigenvalue weighted by Crippen LogP contribution is -2.47. The molecule has 1 saturated heterocycles. The summed E-state index contributed by atoms with van der Waals surface area (Å²) in [4.78, 5) is 18.1. The molecule has 0 spiro atoms. The fourth-order valence-electron chi connectivity index (χ4n) is 2.68. The molecule has 2 heterocycles. The molecule has 0 radical (unpaired) electrons. The van der Waals surface area contributed by atoms with Gasteiger partial charge in [-0.2, -0.15) is 0 Å². The molecule has 1 aromatic heterocycles. The van der Waals surface area contributed by atoms with Crippen LogP contribution >= 0.6 is 11.3 Å². The highest BCUT2D eigenvalue weighted by atomic mass is 32.1. The fraction of sp³-hybridized carbons (Fsp3) is 0.353. The van der Waals surface area contributed by atoms with Crippen LogP contribution in [0.5, 0.6) is 0 Å². The monoisotopic (exact) mass is 330 g/mol. The molecule has 0 atom stereocenters. The largest absolute Gasteiger partial charge is 0.397 e. The number of nitrogens with two attached hydrogens (primary N) is 1. The van der Waals surface area contributed by atoms with Gasteiger partial charge < -0.3 is 20.9 Å². The molecular formula is C17H22N4OS. The predicted octanol–water partition coefficient (Wildman–Crippen LogP) is 2.77. The molecule has 3 rings (SSSR count). The number of hydrogen-bond acceptors (Lipinski definition) is 5. The number of amides is 1. The second-order valence-corrected chi connectivity index (χ2v) is 7.16. The van der Waals surface area contributed by atoms with Gasteiger partial charge in [-0.3, -0.25) is 4.79 Å². The second-order valence-electron chi connectivity index (χ2n) is 5.91. The van der Waals surface area contributed by atoms with Crippen LogP contribution in [0.3, 0.4) is 0 Å². The van der Waals surface area contributed by atoms with E-state index in [0.717, 1.165) is 47.3 Å². The van der Waals surface area contributed by atoms with E-state index >= 15 is 0 Å². The van der Waals surface area contributed by atoms with Gasteiger partial charge in [-0.25, -0.2) is 0 Å². The van der Waals surface area contributed by atoms with Gasteiger partial charge in [-0.05, 0) is 32.2 Å². The van der Waals surface area contributed by atoms with Crippen LogP contribution in [0.2, 0.25) is 0 Å². The van der Waals surface area contributed by atoms with E-state index in [1.165, 1.54) is 0 Å². The highest BCUT2D eigenvalue weighted by molar-refractivity contribution is 7.16. The summed E-state index contributed by atoms with van der Waals surface area (Å²) < 4.78 is 0. The van der Waals surface area contributed by atoms with Crippen LogP contribution < -0.4 is 11.1 Å². The molecule has 6 heteroatoms. The Hall–Kier alpha value is -2.05. The number of piperazine rings is 1. The summed E-state index contributed by atoms with van der Waals surface area (Å²) in [7, 11) is 2.09. The van der Waals surface area contributed by atoms with Crippen molar-refractivity contribution in [2.45, 2.75) is 6.92 Å². The average molecular weight is 330 g/mol. The summed E-state index contributed by atoms with van der Waals surface area (Å²) in [5, 5.41) is 4.19. The SMILES string of the molecule is Cc1cc(C(=O)N2CCN(C)CC2)c(Nc2ccccc2N)s1. The Morgan fingerprint density at radius 2 is 1.91 bits per heavy atom. The van der Waals surface area contributed by atoms with Crippen LogP contribution in [0.4, 0.5) is 16.4 Å². The van der Waals surface area contributed by atoms with E-state index < -0.39 is 0 Å². The number of para-hydroxylation sites is 2. The van der Waals surface area contributed by atoms with Gasteiger partial charge in [-0.1, -0.05) is 12.1 Å². The summed E-state index contributed by atoms with van der Waals surface area (Å²) in [6.07, 6.45) is 0. The van der Waals surface area contributed by atoms with Crippen LogP contribution in [-0.2, 0) is 0 Å². The predicted molar refractivity (Wildman–Crippen MR) is 96.6 cm³/mol. The Labute approximate surface area is 140 Å². The number of thiophene rings is 1. The quantitative estimate of drug-likeness (QED) is 0.850. The van der Waals surface area contributed by atoms with E-state index in [4.69, 9.17) is 5.73 Å². The molecule has 1 amide bonds. The third-order valence-electron chi connectivity index (χ3n) is 4.09. The van der Waals surface area contributed by atoms with Crippen molar-refractivity contribution in [1.29, 1.82) is 0 Å². The molecule has 1 aliphatic heterocycles. The molecule has 3 N–H and O–H groups in total. The maximum absolute atomic E-state index is 12.9. The number of nitrogens with zero attached hydrogens (tertiary/aromatic N) is 2. The molecule has 1 aliphatic rings. The molecule has 0 saturated carbocycles. The summed E-state index contributed by atoms with van der Waals surface area (Å²) in [6, 6.07) is 9.57. The molecular weight excluding hydrogens is 308 g/mol. The van der Waals surface area contributed by atoms with E-state index in [-0.39, 0.29) is 5.91 Å². The standard InChI is InChI=1S/C17H22N4OS/c1-12-11-13(17(22)21-9-7-20(2)8-10-21)16(23-12)19-15-6-4-3-5-14(15)18/h3-6,11,19H,7-10,18H2,1-2H3. The smallest absolute Gasteiger partial charge is 0.256 e. The topological polar surface area (TPSA) is 61.6 Å². The van der Waals surface area contributed by atoms with E-state index in [9.17, 15) is 4.79 Å². The van der Waals surface area contributed by atoms with E-state index in [1.54, 1.807) is 11.3 Å². The van der Waals surface area contributed by atoms with Gasteiger partial charge in [0.1, 0.15) is 5.00 Å². The first-order chi connectivity index (χ1) is 11.0. The number of benzene rings is 1. The van der Waals surface area contributed by atoms with Gasteiger partial charge in [0.05, 0.1) is 16.9 Å². The van der Waals surface area contributed by atoms with Crippen molar-refractivity contribution >= 4 is 33.6 Å². The highest BCUT2D eigenvalue weighted by Gasteiger charge is 2.24. The minimum absolute atomic E-state index is 0.0967. The van der Waals surface area contributed by atoms with Gasteiger partial charge in [0, 0.05) is 31.1 Å². The molecule has 0 unspecified atom stereocenters. The fourth-order valence-corrected chi connectivity index (χ4v) is 3.59. The van der Waals surface area contributed by atoms with Crippen molar-refractivity contribution in [1.82, 2.24) is 9.80 Å². The van der Waals surface area contributed by atoms with E-state index in [1.807, 2.05) is 42.2 Å². The van der Waals surface area contributed by atoms with Crippen LogP contribution in [-0.4, -0.2) is 48.9 Å². The Kier molecular flexibility index (Phi) is 4.54. The number of anilines is 3. The van der Waals surface area contributed by atoms with Gasteiger partial charge >= 0.3 is 0 Å². The zero-order valence-electron chi connectivity index (χ0n) is 13.5. The zero-order chi connectivity index (χ0) is 16.4. The number of likely N-dealkylation sites (N-methyl/N-ethyl adjacent to an activating group) is 1. The van der Waals surface area contributed by atoms with E-state index in [0.29, 0.717) is 5.69 Å². The molecule has 0 bridgehead atoms. The van der Waals surface area contributed by atoms with E-state index in [2.05, 4.69) is 17.3 Å². The Morgan fingerprint density at radius 3 is 2.61 bits per heavy atom. The minimum Gasteiger partial charge on any atom is -0.397 e. The summed E-state index contributed by atoms with van der Waals surface area (Å²) in [6.45, 7) is 5.41. The number of hydrogen-bond donors (Lipinski definition) is 2. The number of aryl methyl sites for hydroxylation is 1. The third kappa shape index (κ3) is 3.48. The molecule has 5 nitrogen and oxygen atoms in total. The third-order valence-corrected chi connectivity index (χ3v) is 5.05. The molecule has 1 fully saturated rings. The zero-order valence-corrected chi connectivity index (χ0v) is 14.3. The molecule has 2 aromatic rings. The number of rotatable bonds is 3. The summed E-state index contributed by atoms with van der Waals surface area (Å²) in [5.74, 6) is 0.0967. The van der Waals surface area contributed by atoms with Gasteiger partial charge in [0.15, 0.2) is 0 Å². The van der Waals surface area contributed by atoms with Crippen molar-refractivity contribution < 1.29 is 4.79 Å². The van der Waals surface area contributed by atoms with Gasteiger partial charge in [-0.15, -0.1) is 11.3 Å². The highest BCUT2D eigenvalue weighted by Crippen LogP contribution is 2.33. The van der Waals surface area contributed by atoms with Crippen LogP contribution in [0.25, 0.3) is 0 Å². The van der Waals surface area contributed by atoms with Crippen molar-refractivity contribution in [2.24, 2.45) is 0 Å². The van der Waals surface area contributed by atoms with Crippen molar-refractivity contribution in [2.75, 3.05) is 44.3 Å². The number of nitrogen functional groups attached to an aromatic ring is 1. The summed E-state index contributed by atoms with van der Waals surface area (Å²) >= 11 is 1.59. The molecule has 0 aliphatic carbocycles. The Balaban J connectivity index is 1.83. The average Bonchev–Trinajstić information content (AvgIpc) is 2.90. The lowest BCUT2D eigenvalue weighted by atomic mass is 10.2. The minimum atomic E-state index is 0.0967. The van der Waals surface area contributed by atoms with Crippen molar-refractivity contribution in [3.63, 3.8) is 0 Å². The first-order valence-corrected chi connectivity index (χ1v) is 8.56. The lowest BCUT2D eigenvalue weighted by Gasteiger charge is -2.32. The normalized spacial score (nSPS) is 15.7. The molecule has 1 aromatic carbocycles. The first kappa shape index (κ1) is 15.8. The number of nitrogens with one attached hydrogen (secondary N) is 1. The van der Waals surface area contributed by atoms with Crippen LogP contribution in [0, 0.1) is 6.92 Å². The Morgan fingerprint density at radius 1 is 1.22 bits per heavy atom. The maximum atomic E-state index is 12.9. The van der Waals surface area contributed by atoms with Gasteiger partial charge in [0.2, 0.25) is 0 Å². The first-order valence-electron chi connectivity index (χ1n) is 7.74.